The summed E-state index contributed by atoms with van der Waals surface area (Å²) in [6.07, 6.45) is 4.11. The molecule has 1 aromatic heterocycles. The van der Waals surface area contributed by atoms with Crippen molar-refractivity contribution in [2.45, 2.75) is 25.3 Å². The monoisotopic (exact) mass is 164 g/mol. The van der Waals surface area contributed by atoms with Crippen LogP contribution in [0.25, 0.3) is 0 Å². The van der Waals surface area contributed by atoms with E-state index in [0.717, 1.165) is 11.1 Å². The van der Waals surface area contributed by atoms with Crippen molar-refractivity contribution in [1.82, 2.24) is 4.98 Å². The van der Waals surface area contributed by atoms with Gasteiger partial charge < -0.3 is 10.7 Å². The summed E-state index contributed by atoms with van der Waals surface area (Å²) >= 11 is 0. The molecule has 0 bridgehead atoms. The van der Waals surface area contributed by atoms with Crippen molar-refractivity contribution >= 4 is 0 Å². The van der Waals surface area contributed by atoms with Gasteiger partial charge in [0.2, 0.25) is 0 Å². The Bertz CT molecular complexity index is 339. The van der Waals surface area contributed by atoms with Crippen LogP contribution in [0.15, 0.2) is 17.1 Å². The van der Waals surface area contributed by atoms with E-state index in [4.69, 9.17) is 5.73 Å². The highest BCUT2D eigenvalue weighted by atomic mass is 16.1. The van der Waals surface area contributed by atoms with E-state index < -0.39 is 0 Å². The Hall–Kier alpha value is -1.09. The largest absolute Gasteiger partial charge is 0.329 e. The molecule has 0 radical (unpaired) electrons. The van der Waals surface area contributed by atoms with Gasteiger partial charge in [0.25, 0.3) is 5.56 Å². The summed E-state index contributed by atoms with van der Waals surface area (Å²) in [7, 11) is 0. The molecule has 1 heterocycles. The molecular formula is C9H12N2O. The molecule has 3 N–H and O–H groups in total. The quantitative estimate of drug-likeness (QED) is 0.676. The van der Waals surface area contributed by atoms with Gasteiger partial charge in [0.1, 0.15) is 0 Å². The van der Waals surface area contributed by atoms with Crippen molar-refractivity contribution in [3.63, 3.8) is 0 Å². The maximum Gasteiger partial charge on any atom is 0.252 e. The summed E-state index contributed by atoms with van der Waals surface area (Å²) in [5.74, 6) is 0.603. The predicted molar refractivity (Wildman–Crippen MR) is 46.9 cm³/mol. The first-order valence-electron chi connectivity index (χ1n) is 4.23. The second-order valence-corrected chi connectivity index (χ2v) is 3.22. The zero-order valence-corrected chi connectivity index (χ0v) is 6.84. The molecule has 0 amide bonds. The fourth-order valence-electron chi connectivity index (χ4n) is 1.51. The van der Waals surface area contributed by atoms with Crippen LogP contribution in [-0.4, -0.2) is 4.98 Å². The lowest BCUT2D eigenvalue weighted by Crippen LogP contribution is -2.17. The Kier molecular flexibility index (Phi) is 1.73. The average Bonchev–Trinajstić information content (AvgIpc) is 2.86. The van der Waals surface area contributed by atoms with Crippen LogP contribution >= 0.6 is 0 Å². The van der Waals surface area contributed by atoms with Crippen LogP contribution < -0.4 is 11.3 Å². The molecule has 0 aliphatic heterocycles. The van der Waals surface area contributed by atoms with Gasteiger partial charge in [0, 0.05) is 18.3 Å². The molecule has 0 saturated heterocycles. The lowest BCUT2D eigenvalue weighted by Gasteiger charge is -2.03. The van der Waals surface area contributed by atoms with E-state index >= 15 is 0 Å². The number of nitrogens with two attached hydrogens (primary N) is 1. The van der Waals surface area contributed by atoms with E-state index in [1.807, 2.05) is 6.07 Å². The van der Waals surface area contributed by atoms with E-state index in [9.17, 15) is 4.79 Å². The first-order valence-corrected chi connectivity index (χ1v) is 4.23. The molecule has 0 atom stereocenters. The molecule has 3 heteroatoms. The fraction of sp³-hybridized carbons (Fsp3) is 0.444. The van der Waals surface area contributed by atoms with E-state index in [0.29, 0.717) is 12.5 Å². The molecule has 0 spiro atoms. The summed E-state index contributed by atoms with van der Waals surface area (Å²) in [6, 6.07) is 1.97. The lowest BCUT2D eigenvalue weighted by atomic mass is 10.1. The molecule has 1 fully saturated rings. The minimum absolute atomic E-state index is 0.0260. The number of aromatic nitrogens is 1. The maximum absolute atomic E-state index is 11.3. The van der Waals surface area contributed by atoms with Crippen LogP contribution in [-0.2, 0) is 6.54 Å². The standard InChI is InChI=1S/C9H12N2O/c10-5-8-7(6-1-2-6)3-4-11-9(8)12/h3-4,6H,1-2,5,10H2,(H,11,12). The normalized spacial score (nSPS) is 16.4. The van der Waals surface area contributed by atoms with E-state index in [1.54, 1.807) is 6.20 Å². The van der Waals surface area contributed by atoms with Gasteiger partial charge >= 0.3 is 0 Å². The van der Waals surface area contributed by atoms with Gasteiger partial charge in [0.15, 0.2) is 0 Å². The number of H-pyrrole nitrogens is 1. The maximum atomic E-state index is 11.3. The molecule has 1 aromatic rings. The molecule has 1 saturated carbocycles. The highest BCUT2D eigenvalue weighted by Gasteiger charge is 2.26. The van der Waals surface area contributed by atoms with Crippen molar-refractivity contribution in [1.29, 1.82) is 0 Å². The highest BCUT2D eigenvalue weighted by Crippen LogP contribution is 2.40. The lowest BCUT2D eigenvalue weighted by molar-refractivity contribution is 0.951. The summed E-state index contributed by atoms with van der Waals surface area (Å²) in [5, 5.41) is 0. The highest BCUT2D eigenvalue weighted by molar-refractivity contribution is 5.30. The Morgan fingerprint density at radius 3 is 2.92 bits per heavy atom. The molecule has 1 aliphatic rings. The molecule has 12 heavy (non-hydrogen) atoms. The molecule has 2 rings (SSSR count). The summed E-state index contributed by atoms with van der Waals surface area (Å²) in [6.45, 7) is 0.349. The van der Waals surface area contributed by atoms with E-state index in [-0.39, 0.29) is 5.56 Å². The van der Waals surface area contributed by atoms with Crippen LogP contribution in [0.3, 0.4) is 0 Å². The average molecular weight is 164 g/mol. The Morgan fingerprint density at radius 2 is 2.33 bits per heavy atom. The molecule has 3 nitrogen and oxygen atoms in total. The minimum atomic E-state index is -0.0260. The van der Waals surface area contributed by atoms with Crippen LogP contribution in [0, 0.1) is 0 Å². The van der Waals surface area contributed by atoms with E-state index in [2.05, 4.69) is 4.98 Å². The third-order valence-electron chi connectivity index (χ3n) is 2.32. The third-order valence-corrected chi connectivity index (χ3v) is 2.32. The van der Waals surface area contributed by atoms with Gasteiger partial charge in [-0.05, 0) is 30.4 Å². The third kappa shape index (κ3) is 1.16. The van der Waals surface area contributed by atoms with Crippen molar-refractivity contribution in [2.24, 2.45) is 5.73 Å². The second-order valence-electron chi connectivity index (χ2n) is 3.22. The molecule has 0 unspecified atom stereocenters. The van der Waals surface area contributed by atoms with Crippen LogP contribution in [0.2, 0.25) is 0 Å². The number of aromatic amines is 1. The van der Waals surface area contributed by atoms with Gasteiger partial charge in [0.05, 0.1) is 0 Å². The topological polar surface area (TPSA) is 58.9 Å². The first-order chi connectivity index (χ1) is 5.83. The van der Waals surface area contributed by atoms with Gasteiger partial charge in [-0.3, -0.25) is 4.79 Å². The van der Waals surface area contributed by atoms with Crippen LogP contribution in [0.4, 0.5) is 0 Å². The van der Waals surface area contributed by atoms with Crippen LogP contribution in [0.5, 0.6) is 0 Å². The molecule has 0 aromatic carbocycles. The number of hydrogen-bond acceptors (Lipinski definition) is 2. The fourth-order valence-corrected chi connectivity index (χ4v) is 1.51. The number of rotatable bonds is 2. The summed E-state index contributed by atoms with van der Waals surface area (Å²) < 4.78 is 0. The zero-order valence-electron chi connectivity index (χ0n) is 6.84. The number of hydrogen-bond donors (Lipinski definition) is 2. The molecular weight excluding hydrogens is 152 g/mol. The SMILES string of the molecule is NCc1c(C2CC2)cc[nH]c1=O. The Balaban J connectivity index is 2.51. The van der Waals surface area contributed by atoms with Gasteiger partial charge in [-0.15, -0.1) is 0 Å². The Labute approximate surface area is 70.6 Å². The van der Waals surface area contributed by atoms with Crippen LogP contribution in [0.1, 0.15) is 29.9 Å². The number of nitrogens with one attached hydrogen (secondary N) is 1. The van der Waals surface area contributed by atoms with E-state index in [1.165, 1.54) is 12.8 Å². The van der Waals surface area contributed by atoms with Crippen molar-refractivity contribution in [2.75, 3.05) is 0 Å². The summed E-state index contributed by atoms with van der Waals surface area (Å²) in [4.78, 5) is 13.9. The second kappa shape index (κ2) is 2.75. The van der Waals surface area contributed by atoms with Crippen molar-refractivity contribution < 1.29 is 0 Å². The van der Waals surface area contributed by atoms with Gasteiger partial charge in [-0.1, -0.05) is 0 Å². The smallest absolute Gasteiger partial charge is 0.252 e. The molecule has 64 valence electrons. The first kappa shape index (κ1) is 7.55. The molecule has 1 aliphatic carbocycles. The summed E-state index contributed by atoms with van der Waals surface area (Å²) in [5.41, 5.74) is 7.39. The van der Waals surface area contributed by atoms with Gasteiger partial charge in [-0.25, -0.2) is 0 Å². The number of pyridine rings is 1. The predicted octanol–water partition coefficient (Wildman–Crippen LogP) is 0.711. The van der Waals surface area contributed by atoms with Crippen molar-refractivity contribution in [3.8, 4) is 0 Å². The zero-order chi connectivity index (χ0) is 8.55. The van der Waals surface area contributed by atoms with Crippen molar-refractivity contribution in [3.05, 3.63) is 33.7 Å². The Morgan fingerprint density at radius 1 is 1.58 bits per heavy atom. The minimum Gasteiger partial charge on any atom is -0.329 e. The van der Waals surface area contributed by atoms with Gasteiger partial charge in [-0.2, -0.15) is 0 Å².